The lowest BCUT2D eigenvalue weighted by atomic mass is 9.96. The van der Waals surface area contributed by atoms with E-state index in [4.69, 9.17) is 19.4 Å². The number of aromatic amines is 1. The van der Waals surface area contributed by atoms with Crippen LogP contribution in [0.5, 0.6) is 11.5 Å². The Bertz CT molecular complexity index is 2000. The molecule has 14 heteroatoms. The standard InChI is InChI=1S/C39H43N3O7S2.CH2O2/c1-42(37-25-9-12-29(37)32(21-25)49-38(46)39(47,33-5-2-19-50-33)34-6-3-20-51-34)17-4-18-48-26-10-7-24(8-11-26)22-40-23-31(44)27-13-15-30(43)36-28(27)14-16-35(45)41-36;2-1-3/h2-3,5-8,10-11,13-16,19-20,25,29,31-32,37,40,43-44,47H,4,9,12,17-18,21-23H2,1H3,(H,41,45);1H,(H,2,3)/t25-,29+,31-,32+,37?;/m0./s1. The van der Waals surface area contributed by atoms with Gasteiger partial charge in [-0.2, -0.15) is 0 Å². The first-order valence-corrected chi connectivity index (χ1v) is 19.6. The number of H-pyrrole nitrogens is 1. The molecule has 3 heterocycles. The van der Waals surface area contributed by atoms with E-state index >= 15 is 0 Å². The third kappa shape index (κ3) is 8.54. The molecule has 0 spiro atoms. The van der Waals surface area contributed by atoms with Crippen molar-refractivity contribution in [2.24, 2.45) is 11.8 Å². The minimum absolute atomic E-state index is 0.0365. The zero-order chi connectivity index (χ0) is 38.2. The maximum Gasteiger partial charge on any atom is 0.349 e. The number of hydrogen-bond acceptors (Lipinski definition) is 12. The Morgan fingerprint density at radius 3 is 2.43 bits per heavy atom. The van der Waals surface area contributed by atoms with Gasteiger partial charge in [0.25, 0.3) is 6.47 Å². The third-order valence-corrected chi connectivity index (χ3v) is 12.4. The summed E-state index contributed by atoms with van der Waals surface area (Å²) in [6.07, 6.45) is 2.79. The number of thiophene rings is 2. The average molecular weight is 776 g/mol. The Labute approximate surface area is 320 Å². The number of carbonyl (C=O) groups excluding carboxylic acids is 1. The lowest BCUT2D eigenvalue weighted by Crippen LogP contribution is -2.42. The van der Waals surface area contributed by atoms with E-state index in [1.807, 2.05) is 47.2 Å². The van der Waals surface area contributed by atoms with E-state index in [0.29, 0.717) is 57.9 Å². The second-order valence-electron chi connectivity index (χ2n) is 13.7. The lowest BCUT2D eigenvalue weighted by Gasteiger charge is -2.31. The Morgan fingerprint density at radius 2 is 1.76 bits per heavy atom. The number of aliphatic hydroxyl groups excluding tert-OH is 1. The number of carboxylic acid groups (broad SMARTS) is 1. The lowest BCUT2D eigenvalue weighted by molar-refractivity contribution is -0.170. The van der Waals surface area contributed by atoms with Crippen LogP contribution in [0.4, 0.5) is 0 Å². The molecular weight excluding hydrogens is 731 g/mol. The topological polar surface area (TPSA) is 182 Å². The largest absolute Gasteiger partial charge is 0.506 e. The number of carbonyl (C=O) groups is 2. The number of phenols is 1. The number of ether oxygens (including phenoxy) is 2. The van der Waals surface area contributed by atoms with Gasteiger partial charge >= 0.3 is 5.97 Å². The van der Waals surface area contributed by atoms with Crippen LogP contribution in [0.2, 0.25) is 0 Å². The monoisotopic (exact) mass is 775 g/mol. The first-order valence-electron chi connectivity index (χ1n) is 17.9. The van der Waals surface area contributed by atoms with E-state index in [1.54, 1.807) is 24.3 Å². The second kappa shape index (κ2) is 17.7. The van der Waals surface area contributed by atoms with Crippen LogP contribution in [-0.2, 0) is 26.5 Å². The number of hydrogen-bond donors (Lipinski definition) is 6. The number of aliphatic hydroxyl groups is 2. The van der Waals surface area contributed by atoms with Gasteiger partial charge in [0.05, 0.1) is 28.0 Å². The number of aromatic nitrogens is 1. The Kier molecular flexibility index (Phi) is 12.8. The zero-order valence-corrected chi connectivity index (χ0v) is 31.4. The third-order valence-electron chi connectivity index (χ3n) is 10.4. The van der Waals surface area contributed by atoms with Crippen molar-refractivity contribution in [3.63, 3.8) is 0 Å². The number of phenolic OH excluding ortho intramolecular Hbond substituents is 1. The minimum atomic E-state index is -1.78. The predicted octanol–water partition coefficient (Wildman–Crippen LogP) is 5.23. The van der Waals surface area contributed by atoms with Gasteiger partial charge in [-0.3, -0.25) is 9.59 Å². The number of aromatic hydroxyl groups is 1. The Morgan fingerprint density at radius 1 is 1.06 bits per heavy atom. The van der Waals surface area contributed by atoms with Gasteiger partial charge in [-0.25, -0.2) is 4.79 Å². The molecule has 2 aliphatic rings. The first kappa shape index (κ1) is 39.1. The summed E-state index contributed by atoms with van der Waals surface area (Å²) in [7, 11) is 2.15. The minimum Gasteiger partial charge on any atom is -0.506 e. The summed E-state index contributed by atoms with van der Waals surface area (Å²) in [5.41, 5.74) is -0.116. The Hall–Kier alpha value is -4.57. The molecule has 2 aromatic carbocycles. The predicted molar refractivity (Wildman–Crippen MR) is 207 cm³/mol. The molecule has 12 nitrogen and oxygen atoms in total. The van der Waals surface area contributed by atoms with Gasteiger partial charge in [-0.05, 0) is 96.9 Å². The number of nitrogens with one attached hydrogen (secondary N) is 2. The van der Waals surface area contributed by atoms with Crippen molar-refractivity contribution in [1.82, 2.24) is 15.2 Å². The molecule has 6 N–H and O–H groups in total. The summed E-state index contributed by atoms with van der Waals surface area (Å²) in [6, 6.07) is 21.6. The van der Waals surface area contributed by atoms with Crippen molar-refractivity contribution in [3.8, 4) is 11.5 Å². The van der Waals surface area contributed by atoms with E-state index in [1.165, 1.54) is 34.8 Å². The van der Waals surface area contributed by atoms with Gasteiger partial charge in [-0.15, -0.1) is 22.7 Å². The maximum absolute atomic E-state index is 13.6. The van der Waals surface area contributed by atoms with Crippen LogP contribution in [0, 0.1) is 11.8 Å². The number of fused-ring (bicyclic) bond motifs is 3. The normalized spacial score (nSPS) is 19.7. The summed E-state index contributed by atoms with van der Waals surface area (Å²) >= 11 is 2.72. The van der Waals surface area contributed by atoms with Gasteiger partial charge in [0.15, 0.2) is 0 Å². The van der Waals surface area contributed by atoms with E-state index in [9.17, 15) is 24.9 Å². The molecule has 2 fully saturated rings. The summed E-state index contributed by atoms with van der Waals surface area (Å²) in [6.45, 7) is 2.04. The molecule has 0 amide bonds. The van der Waals surface area contributed by atoms with Crippen molar-refractivity contribution in [2.75, 3.05) is 26.7 Å². The van der Waals surface area contributed by atoms with Gasteiger partial charge in [-0.1, -0.05) is 30.3 Å². The fourth-order valence-electron chi connectivity index (χ4n) is 7.94. The van der Waals surface area contributed by atoms with Crippen molar-refractivity contribution in [2.45, 2.75) is 56.1 Å². The molecule has 54 heavy (non-hydrogen) atoms. The fourth-order valence-corrected chi connectivity index (χ4v) is 9.65. The molecule has 0 aliphatic heterocycles. The second-order valence-corrected chi connectivity index (χ2v) is 15.6. The highest BCUT2D eigenvalue weighted by Crippen LogP contribution is 2.49. The van der Waals surface area contributed by atoms with Gasteiger partial charge < -0.3 is 45.1 Å². The van der Waals surface area contributed by atoms with Crippen LogP contribution in [-0.4, -0.2) is 81.6 Å². The first-order chi connectivity index (χ1) is 26.1. The molecule has 2 bridgehead atoms. The SMILES string of the molecule is CN(CCCOc1ccc(CNC[C@H](O)c2ccc(O)c3[nH]c(=O)ccc23)cc1)C1[C@H]2CC[C@@H]1[C@H](OC(=O)C(O)(c1cccs1)c1cccs1)C2.O=CO. The molecule has 5 aromatic rings. The van der Waals surface area contributed by atoms with Gasteiger partial charge in [0.2, 0.25) is 11.2 Å². The summed E-state index contributed by atoms with van der Waals surface area (Å²) in [5, 5.41) is 47.1. The molecule has 1 unspecified atom stereocenters. The number of benzene rings is 2. The van der Waals surface area contributed by atoms with Crippen molar-refractivity contribution < 1.29 is 39.5 Å². The van der Waals surface area contributed by atoms with Crippen molar-refractivity contribution >= 4 is 46.0 Å². The van der Waals surface area contributed by atoms with E-state index in [0.717, 1.165) is 43.5 Å². The maximum atomic E-state index is 13.6. The molecule has 7 rings (SSSR count). The highest BCUT2D eigenvalue weighted by molar-refractivity contribution is 7.12. The van der Waals surface area contributed by atoms with Crippen LogP contribution in [0.1, 0.15) is 52.7 Å². The number of rotatable bonds is 15. The molecule has 286 valence electrons. The van der Waals surface area contributed by atoms with Crippen LogP contribution in [0.15, 0.2) is 88.4 Å². The van der Waals surface area contributed by atoms with Crippen molar-refractivity contribution in [1.29, 1.82) is 0 Å². The summed E-state index contributed by atoms with van der Waals surface area (Å²) in [5.74, 6) is 0.882. The van der Waals surface area contributed by atoms with E-state index in [-0.39, 0.29) is 29.8 Å². The molecule has 2 aliphatic carbocycles. The summed E-state index contributed by atoms with van der Waals surface area (Å²) < 4.78 is 12.2. The molecule has 0 saturated heterocycles. The highest BCUT2D eigenvalue weighted by atomic mass is 32.1. The average Bonchev–Trinajstić information content (AvgIpc) is 4.01. The van der Waals surface area contributed by atoms with E-state index in [2.05, 4.69) is 22.2 Å². The zero-order valence-electron chi connectivity index (χ0n) is 29.8. The smallest absolute Gasteiger partial charge is 0.349 e. The van der Waals surface area contributed by atoms with Crippen LogP contribution in [0.3, 0.4) is 0 Å². The van der Waals surface area contributed by atoms with Gasteiger partial charge in [0.1, 0.15) is 17.6 Å². The summed E-state index contributed by atoms with van der Waals surface area (Å²) in [4.78, 5) is 39.8. The molecule has 0 radical (unpaired) electrons. The molecule has 3 aromatic heterocycles. The number of esters is 1. The van der Waals surface area contributed by atoms with Crippen LogP contribution >= 0.6 is 22.7 Å². The quantitative estimate of drug-likeness (QED) is 0.0466. The molecular formula is C40H45N3O9S2. The van der Waals surface area contributed by atoms with Crippen LogP contribution in [0.25, 0.3) is 10.9 Å². The molecule has 5 atom stereocenters. The van der Waals surface area contributed by atoms with E-state index < -0.39 is 17.7 Å². The molecule has 2 saturated carbocycles. The highest BCUT2D eigenvalue weighted by Gasteiger charge is 2.53. The van der Waals surface area contributed by atoms with Crippen LogP contribution < -0.4 is 15.6 Å². The number of pyridine rings is 1. The fraction of sp³-hybridized carbons (Fsp3) is 0.375. The van der Waals surface area contributed by atoms with Gasteiger partial charge in [0, 0.05) is 43.0 Å². The number of nitrogens with zero attached hydrogens (tertiary/aromatic N) is 1. The Balaban J connectivity index is 0.00000160. The van der Waals surface area contributed by atoms with Crippen molar-refractivity contribution in [3.05, 3.63) is 115 Å².